The van der Waals surface area contributed by atoms with Crippen molar-refractivity contribution in [3.63, 3.8) is 0 Å². The Hall–Kier alpha value is -2.17. The summed E-state index contributed by atoms with van der Waals surface area (Å²) in [5, 5.41) is 5.34. The van der Waals surface area contributed by atoms with Crippen LogP contribution in [0.4, 0.5) is 4.79 Å². The molecular weight excluding hydrogens is 182 g/mol. The monoisotopic (exact) mass is 187 g/mol. The minimum absolute atomic E-state index is 0.0534. The van der Waals surface area contributed by atoms with Crippen LogP contribution in [0.25, 0.3) is 0 Å². The number of carbonyl (C=O) groups excluding carboxylic acids is 3. The number of isocyanates is 2. The van der Waals surface area contributed by atoms with Crippen LogP contribution in [-0.4, -0.2) is 30.0 Å². The molecule has 0 aromatic rings. The van der Waals surface area contributed by atoms with Gasteiger partial charge in [-0.15, -0.1) is 0 Å². The molecule has 0 aromatic carbocycles. The first-order chi connectivity index (χ1) is 6.26. The maximum absolute atomic E-state index is 10.8. The molecule has 1 amide bonds. The van der Waals surface area contributed by atoms with Gasteiger partial charge in [0.2, 0.25) is 0 Å². The number of hydroxylamine groups is 1. The van der Waals surface area contributed by atoms with Crippen molar-refractivity contribution in [3.8, 4) is 0 Å². The lowest BCUT2D eigenvalue weighted by atomic mass is 10.9. The van der Waals surface area contributed by atoms with Crippen molar-refractivity contribution in [1.82, 2.24) is 5.17 Å². The summed E-state index contributed by atoms with van der Waals surface area (Å²) in [5.41, 5.74) is 0. The van der Waals surface area contributed by atoms with Crippen molar-refractivity contribution in [2.24, 2.45) is 10.3 Å². The summed E-state index contributed by atoms with van der Waals surface area (Å²) in [6.45, 7) is 1.58. The highest BCUT2D eigenvalue weighted by Crippen LogP contribution is 1.95. The maximum atomic E-state index is 10.8. The Kier molecular flexibility index (Phi) is 5.44. The van der Waals surface area contributed by atoms with Gasteiger partial charge < -0.3 is 4.74 Å². The average Bonchev–Trinajstić information content (AvgIpc) is 2.12. The first kappa shape index (κ1) is 10.8. The van der Waals surface area contributed by atoms with Crippen molar-refractivity contribution in [3.05, 3.63) is 0 Å². The number of hydrazone groups is 1. The van der Waals surface area contributed by atoms with Gasteiger partial charge in [-0.25, -0.2) is 19.3 Å². The first-order valence-electron chi connectivity index (χ1n) is 3.05. The standard InChI is InChI=1S/C5H5N3O5/c1-2-12-5(11)8(6-3-9)13-7-4-10/h2H2,1H3. The summed E-state index contributed by atoms with van der Waals surface area (Å²) < 4.78 is 4.35. The highest BCUT2D eigenvalue weighted by atomic mass is 16.8. The quantitative estimate of drug-likeness (QED) is 0.347. The molecule has 0 atom stereocenters. The Morgan fingerprint density at radius 2 is 2.15 bits per heavy atom. The minimum atomic E-state index is -1.09. The van der Waals surface area contributed by atoms with Gasteiger partial charge in [0.05, 0.1) is 6.61 Å². The van der Waals surface area contributed by atoms with Gasteiger partial charge in [0.1, 0.15) is 0 Å². The molecule has 0 aromatic heterocycles. The van der Waals surface area contributed by atoms with Gasteiger partial charge in [-0.2, -0.15) is 0 Å². The van der Waals surface area contributed by atoms with E-state index in [9.17, 15) is 14.4 Å². The normalized spacial score (nSPS) is 7.46. The molecule has 0 radical (unpaired) electrons. The summed E-state index contributed by atoms with van der Waals surface area (Å²) in [6.07, 6.45) is 0.876. The molecule has 0 aliphatic heterocycles. The van der Waals surface area contributed by atoms with Crippen LogP contribution in [0.3, 0.4) is 0 Å². The van der Waals surface area contributed by atoms with Gasteiger partial charge in [-0.3, -0.25) is 0 Å². The summed E-state index contributed by atoms with van der Waals surface area (Å²) in [5.74, 6) is 0. The third-order valence-electron chi connectivity index (χ3n) is 0.711. The summed E-state index contributed by atoms with van der Waals surface area (Å²) in [4.78, 5) is 34.0. The van der Waals surface area contributed by atoms with E-state index in [-0.39, 0.29) is 11.8 Å². The molecular formula is C5H5N3O5. The molecule has 0 bridgehead atoms. The van der Waals surface area contributed by atoms with Crippen LogP contribution in [0.1, 0.15) is 6.92 Å². The third kappa shape index (κ3) is 4.31. The second kappa shape index (κ2) is 6.53. The number of amides is 1. The topological polar surface area (TPSA) is 97.6 Å². The Morgan fingerprint density at radius 3 is 2.62 bits per heavy atom. The molecule has 8 heteroatoms. The Balaban J connectivity index is 4.30. The zero-order valence-electron chi connectivity index (χ0n) is 6.59. The molecule has 13 heavy (non-hydrogen) atoms. The molecule has 8 nitrogen and oxygen atoms in total. The lowest BCUT2D eigenvalue weighted by Gasteiger charge is -2.07. The predicted octanol–water partition coefficient (Wildman–Crippen LogP) is -0.122. The minimum Gasteiger partial charge on any atom is -0.446 e. The van der Waals surface area contributed by atoms with E-state index in [0.717, 1.165) is 12.2 Å². The highest BCUT2D eigenvalue weighted by molar-refractivity contribution is 5.66. The smallest absolute Gasteiger partial charge is 0.446 e. The van der Waals surface area contributed by atoms with Crippen LogP contribution in [0.15, 0.2) is 10.3 Å². The van der Waals surface area contributed by atoms with E-state index < -0.39 is 6.09 Å². The lowest BCUT2D eigenvalue weighted by molar-refractivity contribution is -0.135. The van der Waals surface area contributed by atoms with E-state index in [1.165, 1.54) is 6.92 Å². The van der Waals surface area contributed by atoms with Crippen molar-refractivity contribution in [1.29, 1.82) is 0 Å². The van der Waals surface area contributed by atoms with E-state index in [4.69, 9.17) is 0 Å². The number of nitrogens with zero attached hydrogens (tertiary/aromatic N) is 3. The second-order valence-electron chi connectivity index (χ2n) is 1.43. The van der Waals surface area contributed by atoms with E-state index in [2.05, 4.69) is 19.9 Å². The van der Waals surface area contributed by atoms with Gasteiger partial charge >= 0.3 is 6.09 Å². The van der Waals surface area contributed by atoms with Crippen molar-refractivity contribution in [2.75, 3.05) is 6.61 Å². The molecule has 0 saturated carbocycles. The maximum Gasteiger partial charge on any atom is 0.468 e. The van der Waals surface area contributed by atoms with Gasteiger partial charge in [0.25, 0.3) is 12.2 Å². The first-order valence-corrected chi connectivity index (χ1v) is 3.05. The van der Waals surface area contributed by atoms with Crippen LogP contribution in [0, 0.1) is 0 Å². The number of ether oxygens (including phenoxy) is 1. The van der Waals surface area contributed by atoms with E-state index in [1.54, 1.807) is 0 Å². The molecule has 70 valence electrons. The molecule has 0 unspecified atom stereocenters. The fraction of sp³-hybridized carbons (Fsp3) is 0.400. The van der Waals surface area contributed by atoms with Gasteiger partial charge in [0, 0.05) is 10.3 Å². The van der Waals surface area contributed by atoms with Crippen LogP contribution in [0.2, 0.25) is 0 Å². The third-order valence-corrected chi connectivity index (χ3v) is 0.711. The predicted molar refractivity (Wildman–Crippen MR) is 36.2 cm³/mol. The zero-order chi connectivity index (χ0) is 10.1. The Morgan fingerprint density at radius 1 is 1.46 bits per heavy atom. The van der Waals surface area contributed by atoms with Crippen molar-refractivity contribution >= 4 is 18.3 Å². The van der Waals surface area contributed by atoms with Crippen LogP contribution in [0.5, 0.6) is 0 Å². The van der Waals surface area contributed by atoms with Gasteiger partial charge in [-0.05, 0) is 12.0 Å². The number of rotatable bonds is 4. The molecule has 0 heterocycles. The van der Waals surface area contributed by atoms with Crippen LogP contribution < -0.4 is 0 Å². The summed E-state index contributed by atoms with van der Waals surface area (Å²) >= 11 is 0. The Labute approximate surface area is 72.3 Å². The van der Waals surface area contributed by atoms with Crippen LogP contribution in [-0.2, 0) is 19.3 Å². The molecule has 0 fully saturated rings. The molecule has 0 aliphatic carbocycles. The number of hydrogen-bond acceptors (Lipinski definition) is 7. The Bertz CT molecular complexity index is 265. The highest BCUT2D eigenvalue weighted by Gasteiger charge is 2.15. The average molecular weight is 187 g/mol. The van der Waals surface area contributed by atoms with Gasteiger partial charge in [-0.1, -0.05) is 0 Å². The SMILES string of the molecule is CCOC(=O)N(N=C=O)ON=C=O. The molecule has 0 N–H and O–H groups in total. The van der Waals surface area contributed by atoms with Crippen LogP contribution >= 0.6 is 0 Å². The van der Waals surface area contributed by atoms with Crippen molar-refractivity contribution in [2.45, 2.75) is 6.92 Å². The zero-order valence-corrected chi connectivity index (χ0v) is 6.59. The van der Waals surface area contributed by atoms with Gasteiger partial charge in [0.15, 0.2) is 0 Å². The van der Waals surface area contributed by atoms with E-state index >= 15 is 0 Å². The largest absolute Gasteiger partial charge is 0.468 e. The fourth-order valence-corrected chi connectivity index (χ4v) is 0.364. The lowest BCUT2D eigenvalue weighted by Crippen LogP contribution is -2.24. The molecule has 0 aliphatic rings. The number of hydrogen-bond donors (Lipinski definition) is 0. The second-order valence-corrected chi connectivity index (χ2v) is 1.43. The molecule has 0 rings (SSSR count). The summed E-state index contributed by atoms with van der Waals surface area (Å²) in [7, 11) is 0. The fourth-order valence-electron chi connectivity index (χ4n) is 0.364. The van der Waals surface area contributed by atoms with Crippen molar-refractivity contribution < 1.29 is 24.1 Å². The molecule has 0 saturated heterocycles. The summed E-state index contributed by atoms with van der Waals surface area (Å²) in [6, 6.07) is 0. The molecule has 0 spiro atoms. The van der Waals surface area contributed by atoms with E-state index in [0.29, 0.717) is 0 Å². The van der Waals surface area contributed by atoms with E-state index in [1.807, 2.05) is 0 Å². The number of carbonyl (C=O) groups is 1.